The van der Waals surface area contributed by atoms with Crippen LogP contribution in [0.25, 0.3) is 11.3 Å². The molecule has 21 heavy (non-hydrogen) atoms. The van der Waals surface area contributed by atoms with Crippen molar-refractivity contribution >= 4 is 5.91 Å². The minimum absolute atomic E-state index is 0.340. The van der Waals surface area contributed by atoms with E-state index < -0.39 is 0 Å². The van der Waals surface area contributed by atoms with Gasteiger partial charge in [-0.25, -0.2) is 10.5 Å². The third-order valence-corrected chi connectivity index (χ3v) is 3.31. The maximum absolute atomic E-state index is 10.9. The van der Waals surface area contributed by atoms with Crippen molar-refractivity contribution < 1.29 is 14.4 Å². The molecule has 0 aliphatic rings. The number of aryl methyl sites for hydroxylation is 2. The van der Waals surface area contributed by atoms with Gasteiger partial charge in [0, 0.05) is 18.4 Å². The summed E-state index contributed by atoms with van der Waals surface area (Å²) in [5.41, 5.74) is 3.59. The van der Waals surface area contributed by atoms with E-state index in [0.29, 0.717) is 6.42 Å². The van der Waals surface area contributed by atoms with Gasteiger partial charge < -0.3 is 4.42 Å². The smallest absolute Gasteiger partial charge is 0.243 e. The van der Waals surface area contributed by atoms with Crippen LogP contribution in [0.1, 0.15) is 37.3 Å². The lowest BCUT2D eigenvalue weighted by molar-refractivity contribution is -0.129. The van der Waals surface area contributed by atoms with E-state index in [1.165, 1.54) is 0 Å². The van der Waals surface area contributed by atoms with Gasteiger partial charge in [0.25, 0.3) is 0 Å². The summed E-state index contributed by atoms with van der Waals surface area (Å²) in [5, 5.41) is 8.39. The molecule has 1 amide bonds. The first-order valence-corrected chi connectivity index (χ1v) is 7.15. The van der Waals surface area contributed by atoms with Crippen LogP contribution in [0.15, 0.2) is 34.7 Å². The molecule has 0 bridgehead atoms. The molecule has 5 nitrogen and oxygen atoms in total. The SMILES string of the molecule is Cc1oc(CCCCCC(=O)NO)nc1-c1ccccc1. The summed E-state index contributed by atoms with van der Waals surface area (Å²) >= 11 is 0. The molecule has 0 spiro atoms. The van der Waals surface area contributed by atoms with E-state index in [1.54, 1.807) is 5.48 Å². The molecule has 0 atom stereocenters. The Balaban J connectivity index is 1.84. The number of hydrogen-bond donors (Lipinski definition) is 2. The molecule has 2 N–H and O–H groups in total. The van der Waals surface area contributed by atoms with Crippen LogP contribution in [-0.4, -0.2) is 16.1 Å². The van der Waals surface area contributed by atoms with Crippen LogP contribution >= 0.6 is 0 Å². The molecule has 2 aromatic rings. The fourth-order valence-corrected chi connectivity index (χ4v) is 2.22. The fraction of sp³-hybridized carbons (Fsp3) is 0.375. The van der Waals surface area contributed by atoms with Crippen LogP contribution in [-0.2, 0) is 11.2 Å². The standard InChI is InChI=1S/C16H20N2O3/c1-12-16(13-8-4-2-5-9-13)17-15(21-12)11-7-3-6-10-14(19)18-20/h2,4-5,8-9,20H,3,6-7,10-11H2,1H3,(H,18,19). The van der Waals surface area contributed by atoms with Gasteiger partial charge in [-0.05, 0) is 19.8 Å². The fourth-order valence-electron chi connectivity index (χ4n) is 2.22. The van der Waals surface area contributed by atoms with Crippen LogP contribution in [0.3, 0.4) is 0 Å². The normalized spacial score (nSPS) is 10.6. The Morgan fingerprint density at radius 3 is 2.71 bits per heavy atom. The molecule has 0 aliphatic heterocycles. The van der Waals surface area contributed by atoms with Crippen LogP contribution in [0.2, 0.25) is 0 Å². The zero-order chi connectivity index (χ0) is 15.1. The topological polar surface area (TPSA) is 75.4 Å². The molecule has 2 rings (SSSR count). The number of oxazole rings is 1. The van der Waals surface area contributed by atoms with Gasteiger partial charge in [-0.1, -0.05) is 36.8 Å². The zero-order valence-electron chi connectivity index (χ0n) is 12.1. The molecule has 0 aliphatic carbocycles. The molecule has 0 fully saturated rings. The van der Waals surface area contributed by atoms with Crippen molar-refractivity contribution in [3.05, 3.63) is 42.0 Å². The molecule has 0 radical (unpaired) electrons. The molecule has 1 aromatic heterocycles. The lowest BCUT2D eigenvalue weighted by Crippen LogP contribution is -2.17. The monoisotopic (exact) mass is 288 g/mol. The molecule has 0 saturated carbocycles. The molecule has 5 heteroatoms. The van der Waals surface area contributed by atoms with E-state index in [-0.39, 0.29) is 5.91 Å². The Morgan fingerprint density at radius 2 is 2.00 bits per heavy atom. The van der Waals surface area contributed by atoms with Crippen LogP contribution in [0, 0.1) is 6.92 Å². The number of rotatable bonds is 7. The second kappa shape index (κ2) is 7.59. The highest BCUT2D eigenvalue weighted by molar-refractivity contribution is 5.74. The van der Waals surface area contributed by atoms with Crippen molar-refractivity contribution in [1.29, 1.82) is 0 Å². The number of nitrogens with zero attached hydrogens (tertiary/aromatic N) is 1. The first kappa shape index (κ1) is 15.3. The van der Waals surface area contributed by atoms with E-state index in [1.807, 2.05) is 37.3 Å². The zero-order valence-corrected chi connectivity index (χ0v) is 12.1. The van der Waals surface area contributed by atoms with E-state index in [2.05, 4.69) is 4.98 Å². The summed E-state index contributed by atoms with van der Waals surface area (Å²) in [7, 11) is 0. The number of carbonyl (C=O) groups is 1. The van der Waals surface area contributed by atoms with Crippen molar-refractivity contribution in [3.63, 3.8) is 0 Å². The summed E-state index contributed by atoms with van der Waals surface area (Å²) in [6.45, 7) is 1.92. The van der Waals surface area contributed by atoms with E-state index in [4.69, 9.17) is 9.62 Å². The van der Waals surface area contributed by atoms with E-state index >= 15 is 0 Å². The van der Waals surface area contributed by atoms with Gasteiger partial charge in [-0.15, -0.1) is 0 Å². The summed E-state index contributed by atoms with van der Waals surface area (Å²) in [6.07, 6.45) is 3.66. The van der Waals surface area contributed by atoms with Gasteiger partial charge in [0.2, 0.25) is 5.91 Å². The lowest BCUT2D eigenvalue weighted by Gasteiger charge is -1.98. The van der Waals surface area contributed by atoms with Gasteiger partial charge in [0.15, 0.2) is 5.89 Å². The minimum Gasteiger partial charge on any atom is -0.445 e. The Bertz CT molecular complexity index is 578. The highest BCUT2D eigenvalue weighted by Gasteiger charge is 2.11. The number of hydrogen-bond acceptors (Lipinski definition) is 4. The number of hydroxylamine groups is 1. The molecule has 1 heterocycles. The average Bonchev–Trinajstić information content (AvgIpc) is 2.88. The second-order valence-corrected chi connectivity index (χ2v) is 4.97. The maximum Gasteiger partial charge on any atom is 0.243 e. The van der Waals surface area contributed by atoms with E-state index in [9.17, 15) is 4.79 Å². The Labute approximate surface area is 124 Å². The average molecular weight is 288 g/mol. The molecular formula is C16H20N2O3. The number of unbranched alkanes of at least 4 members (excludes halogenated alkanes) is 2. The first-order valence-electron chi connectivity index (χ1n) is 7.15. The number of amides is 1. The van der Waals surface area contributed by atoms with Crippen LogP contribution in [0.4, 0.5) is 0 Å². The van der Waals surface area contributed by atoms with E-state index in [0.717, 1.165) is 48.6 Å². The third-order valence-electron chi connectivity index (χ3n) is 3.31. The summed E-state index contributed by atoms with van der Waals surface area (Å²) in [4.78, 5) is 15.4. The second-order valence-electron chi connectivity index (χ2n) is 4.97. The summed E-state index contributed by atoms with van der Waals surface area (Å²) in [5.74, 6) is 1.22. The first-order chi connectivity index (χ1) is 10.2. The highest BCUT2D eigenvalue weighted by Crippen LogP contribution is 2.23. The lowest BCUT2D eigenvalue weighted by atomic mass is 10.1. The highest BCUT2D eigenvalue weighted by atomic mass is 16.5. The van der Waals surface area contributed by atoms with Crippen molar-refractivity contribution in [2.24, 2.45) is 0 Å². The Morgan fingerprint density at radius 1 is 1.24 bits per heavy atom. The Kier molecular flexibility index (Phi) is 5.51. The molecular weight excluding hydrogens is 268 g/mol. The number of aromatic nitrogens is 1. The van der Waals surface area contributed by atoms with Crippen molar-refractivity contribution in [3.8, 4) is 11.3 Å². The number of benzene rings is 1. The van der Waals surface area contributed by atoms with Gasteiger partial charge in [0.1, 0.15) is 11.5 Å². The molecule has 0 unspecified atom stereocenters. The number of nitrogens with one attached hydrogen (secondary N) is 1. The largest absolute Gasteiger partial charge is 0.445 e. The maximum atomic E-state index is 10.9. The van der Waals surface area contributed by atoms with Gasteiger partial charge >= 0.3 is 0 Å². The molecule has 112 valence electrons. The molecule has 1 aromatic carbocycles. The van der Waals surface area contributed by atoms with Crippen molar-refractivity contribution in [1.82, 2.24) is 10.5 Å². The van der Waals surface area contributed by atoms with Crippen molar-refractivity contribution in [2.75, 3.05) is 0 Å². The van der Waals surface area contributed by atoms with Gasteiger partial charge in [-0.2, -0.15) is 0 Å². The van der Waals surface area contributed by atoms with Gasteiger partial charge in [0.05, 0.1) is 0 Å². The van der Waals surface area contributed by atoms with Crippen LogP contribution < -0.4 is 5.48 Å². The quantitative estimate of drug-likeness (QED) is 0.466. The number of carbonyl (C=O) groups excluding carboxylic acids is 1. The minimum atomic E-state index is -0.340. The third kappa shape index (κ3) is 4.43. The summed E-state index contributed by atoms with van der Waals surface area (Å²) in [6, 6.07) is 9.97. The van der Waals surface area contributed by atoms with Gasteiger partial charge in [-0.3, -0.25) is 10.0 Å². The molecule has 0 saturated heterocycles. The predicted octanol–water partition coefficient (Wildman–Crippen LogP) is 3.26. The van der Waals surface area contributed by atoms with Crippen molar-refractivity contribution in [2.45, 2.75) is 39.0 Å². The Hall–Kier alpha value is -2.14. The predicted molar refractivity (Wildman–Crippen MR) is 78.8 cm³/mol. The summed E-state index contributed by atoms with van der Waals surface area (Å²) < 4.78 is 5.69. The van der Waals surface area contributed by atoms with Crippen LogP contribution in [0.5, 0.6) is 0 Å².